The molecule has 0 bridgehead atoms. The fourth-order valence-corrected chi connectivity index (χ4v) is 4.37. The van der Waals surface area contributed by atoms with Crippen molar-refractivity contribution >= 4 is 21.7 Å². The first-order chi connectivity index (χ1) is 12.0. The molecule has 0 radical (unpaired) electrons. The molecule has 2 aromatic carbocycles. The third-order valence-corrected chi connectivity index (χ3v) is 5.92. The summed E-state index contributed by atoms with van der Waals surface area (Å²) in [4.78, 5) is 11.9. The van der Waals surface area contributed by atoms with Gasteiger partial charge in [-0.25, -0.2) is 0 Å². The lowest BCUT2D eigenvalue weighted by Crippen LogP contribution is -2.39. The molecule has 1 aliphatic heterocycles. The van der Waals surface area contributed by atoms with Gasteiger partial charge in [-0.3, -0.25) is 9.52 Å². The molecule has 1 N–H and O–H groups in total. The minimum atomic E-state index is -3.66. The molecule has 0 saturated carbocycles. The molecule has 6 heteroatoms. The van der Waals surface area contributed by atoms with Crippen molar-refractivity contribution in [1.29, 1.82) is 0 Å². The van der Waals surface area contributed by atoms with Crippen molar-refractivity contribution in [2.75, 3.05) is 17.8 Å². The van der Waals surface area contributed by atoms with Crippen molar-refractivity contribution in [2.45, 2.75) is 26.2 Å². The van der Waals surface area contributed by atoms with Gasteiger partial charge in [-0.05, 0) is 43.0 Å². The third kappa shape index (κ3) is 4.08. The number of ketones is 1. The Morgan fingerprint density at radius 3 is 2.28 bits per heavy atom. The molecule has 0 unspecified atom stereocenters. The second-order valence-corrected chi connectivity index (χ2v) is 7.92. The van der Waals surface area contributed by atoms with Crippen LogP contribution >= 0.6 is 0 Å². The number of nitrogens with one attached hydrogen (secondary N) is 1. The second kappa shape index (κ2) is 7.37. The Labute approximate surface area is 148 Å². The van der Waals surface area contributed by atoms with Crippen molar-refractivity contribution in [2.24, 2.45) is 0 Å². The molecule has 132 valence electrons. The fraction of sp³-hybridized carbons (Fsp3) is 0.316. The Hall–Kier alpha value is -2.18. The van der Waals surface area contributed by atoms with Gasteiger partial charge in [-0.2, -0.15) is 12.7 Å². The van der Waals surface area contributed by atoms with E-state index in [1.54, 1.807) is 12.1 Å². The molecule has 0 aliphatic carbocycles. The number of nitrogens with zero attached hydrogens (tertiary/aromatic N) is 1. The Bertz CT molecular complexity index is 857. The fourth-order valence-electron chi connectivity index (χ4n) is 3.05. The molecular formula is C19H22N2O3S. The highest BCUT2D eigenvalue weighted by Crippen LogP contribution is 2.27. The quantitative estimate of drug-likeness (QED) is 0.829. The van der Waals surface area contributed by atoms with Gasteiger partial charge in [0.1, 0.15) is 0 Å². The molecule has 1 aliphatic rings. The van der Waals surface area contributed by atoms with Gasteiger partial charge in [0.05, 0.1) is 5.69 Å². The Balaban J connectivity index is 1.96. The van der Waals surface area contributed by atoms with Crippen molar-refractivity contribution in [3.8, 4) is 11.1 Å². The summed E-state index contributed by atoms with van der Waals surface area (Å²) in [5.74, 6) is -0.170. The predicted molar refractivity (Wildman–Crippen MR) is 99.8 cm³/mol. The summed E-state index contributed by atoms with van der Waals surface area (Å²) in [5.41, 5.74) is 2.54. The predicted octanol–water partition coefficient (Wildman–Crippen LogP) is 3.70. The molecule has 3 rings (SSSR count). The van der Waals surface area contributed by atoms with Crippen LogP contribution in [-0.2, 0) is 10.2 Å². The van der Waals surface area contributed by atoms with E-state index in [-0.39, 0.29) is 5.78 Å². The van der Waals surface area contributed by atoms with Crippen LogP contribution in [0.25, 0.3) is 11.1 Å². The highest BCUT2D eigenvalue weighted by atomic mass is 32.2. The molecule has 1 fully saturated rings. The van der Waals surface area contributed by atoms with Crippen LogP contribution in [0.2, 0.25) is 0 Å². The van der Waals surface area contributed by atoms with Gasteiger partial charge in [0.25, 0.3) is 0 Å². The van der Waals surface area contributed by atoms with Crippen LogP contribution < -0.4 is 4.72 Å². The molecule has 1 heterocycles. The van der Waals surface area contributed by atoms with Crippen LogP contribution in [0.5, 0.6) is 0 Å². The first kappa shape index (κ1) is 17.6. The number of carbonyl (C=O) groups is 1. The Morgan fingerprint density at radius 2 is 1.64 bits per heavy atom. The lowest BCUT2D eigenvalue weighted by atomic mass is 10.0. The normalized spacial score (nSPS) is 15.7. The van der Waals surface area contributed by atoms with Gasteiger partial charge in [-0.15, -0.1) is 0 Å². The standard InChI is InChI=1S/C19H22N2O3S/c1-15(22)18-11-10-17(16-8-4-2-5-9-16)14-19(18)20-25(23,24)21-12-6-3-7-13-21/h2,4-5,8-11,14,20H,3,6-7,12-13H2,1H3. The van der Waals surface area contributed by atoms with E-state index in [0.717, 1.165) is 30.4 Å². The summed E-state index contributed by atoms with van der Waals surface area (Å²) >= 11 is 0. The van der Waals surface area contributed by atoms with E-state index >= 15 is 0 Å². The molecule has 0 atom stereocenters. The molecule has 0 spiro atoms. The van der Waals surface area contributed by atoms with Crippen molar-refractivity contribution in [3.05, 3.63) is 54.1 Å². The van der Waals surface area contributed by atoms with E-state index in [2.05, 4.69) is 4.72 Å². The van der Waals surface area contributed by atoms with Gasteiger partial charge in [0.15, 0.2) is 5.78 Å². The van der Waals surface area contributed by atoms with Crippen LogP contribution in [-0.4, -0.2) is 31.6 Å². The largest absolute Gasteiger partial charge is 0.301 e. The van der Waals surface area contributed by atoms with Gasteiger partial charge in [0.2, 0.25) is 0 Å². The van der Waals surface area contributed by atoms with Gasteiger partial charge >= 0.3 is 10.2 Å². The summed E-state index contributed by atoms with van der Waals surface area (Å²) in [6, 6.07) is 14.9. The molecule has 1 saturated heterocycles. The van der Waals surface area contributed by atoms with Crippen LogP contribution in [0.1, 0.15) is 36.5 Å². The van der Waals surface area contributed by atoms with Gasteiger partial charge < -0.3 is 0 Å². The lowest BCUT2D eigenvalue weighted by Gasteiger charge is -2.26. The average Bonchev–Trinajstić information content (AvgIpc) is 2.62. The Kier molecular flexibility index (Phi) is 5.20. The van der Waals surface area contributed by atoms with E-state index in [9.17, 15) is 13.2 Å². The number of carbonyl (C=O) groups excluding carboxylic acids is 1. The minimum Gasteiger partial charge on any atom is -0.294 e. The van der Waals surface area contributed by atoms with Crippen molar-refractivity contribution in [3.63, 3.8) is 0 Å². The summed E-state index contributed by atoms with van der Waals surface area (Å²) in [7, 11) is -3.66. The third-order valence-electron chi connectivity index (χ3n) is 4.40. The molecular weight excluding hydrogens is 336 g/mol. The number of rotatable bonds is 5. The molecule has 0 aromatic heterocycles. The number of hydrogen-bond donors (Lipinski definition) is 1. The average molecular weight is 358 g/mol. The van der Waals surface area contributed by atoms with Crippen LogP contribution in [0.3, 0.4) is 0 Å². The van der Waals surface area contributed by atoms with Gasteiger partial charge in [-0.1, -0.05) is 42.8 Å². The van der Waals surface area contributed by atoms with E-state index in [0.29, 0.717) is 24.3 Å². The van der Waals surface area contributed by atoms with E-state index in [1.165, 1.54) is 11.2 Å². The number of hydrogen-bond acceptors (Lipinski definition) is 3. The minimum absolute atomic E-state index is 0.170. The zero-order valence-corrected chi connectivity index (χ0v) is 15.1. The van der Waals surface area contributed by atoms with E-state index in [1.807, 2.05) is 36.4 Å². The van der Waals surface area contributed by atoms with Gasteiger partial charge in [0, 0.05) is 18.7 Å². The maximum absolute atomic E-state index is 12.7. The van der Waals surface area contributed by atoms with Crippen molar-refractivity contribution < 1.29 is 13.2 Å². The summed E-state index contributed by atoms with van der Waals surface area (Å²) in [6.07, 6.45) is 2.78. The second-order valence-electron chi connectivity index (χ2n) is 6.25. The highest BCUT2D eigenvalue weighted by Gasteiger charge is 2.25. The molecule has 25 heavy (non-hydrogen) atoms. The number of benzene rings is 2. The first-order valence-electron chi connectivity index (χ1n) is 8.46. The number of piperidine rings is 1. The zero-order chi connectivity index (χ0) is 17.9. The molecule has 2 aromatic rings. The summed E-state index contributed by atoms with van der Waals surface area (Å²) < 4.78 is 29.4. The molecule has 5 nitrogen and oxygen atoms in total. The van der Waals surface area contributed by atoms with Crippen LogP contribution in [0.15, 0.2) is 48.5 Å². The number of Topliss-reactive ketones (excluding diaryl/α,β-unsaturated/α-hetero) is 1. The molecule has 0 amide bonds. The van der Waals surface area contributed by atoms with Crippen molar-refractivity contribution in [1.82, 2.24) is 4.31 Å². The maximum atomic E-state index is 12.7. The zero-order valence-electron chi connectivity index (χ0n) is 14.2. The summed E-state index contributed by atoms with van der Waals surface area (Å²) in [6.45, 7) is 2.47. The topological polar surface area (TPSA) is 66.5 Å². The summed E-state index contributed by atoms with van der Waals surface area (Å²) in [5, 5.41) is 0. The highest BCUT2D eigenvalue weighted by molar-refractivity contribution is 7.90. The SMILES string of the molecule is CC(=O)c1ccc(-c2ccccc2)cc1NS(=O)(=O)N1CCCCC1. The van der Waals surface area contributed by atoms with Crippen LogP contribution in [0.4, 0.5) is 5.69 Å². The number of anilines is 1. The first-order valence-corrected chi connectivity index (χ1v) is 9.90. The monoisotopic (exact) mass is 358 g/mol. The van der Waals surface area contributed by atoms with E-state index < -0.39 is 10.2 Å². The van der Waals surface area contributed by atoms with E-state index in [4.69, 9.17) is 0 Å². The van der Waals surface area contributed by atoms with Crippen LogP contribution in [0, 0.1) is 0 Å². The maximum Gasteiger partial charge on any atom is 0.301 e. The lowest BCUT2D eigenvalue weighted by molar-refractivity contribution is 0.101. The Morgan fingerprint density at radius 1 is 0.960 bits per heavy atom. The smallest absolute Gasteiger partial charge is 0.294 e.